The highest BCUT2D eigenvalue weighted by Gasteiger charge is 2.22. The first-order chi connectivity index (χ1) is 10.4. The summed E-state index contributed by atoms with van der Waals surface area (Å²) in [7, 11) is -1.47. The predicted octanol–water partition coefficient (Wildman–Crippen LogP) is 3.57. The first kappa shape index (κ1) is 17.0. The highest BCUT2D eigenvalue weighted by atomic mass is 35.5. The minimum Gasteiger partial charge on any atom is -0.360 e. The molecular weight excluding hydrogens is 347 g/mol. The lowest BCUT2D eigenvalue weighted by Crippen LogP contribution is -2.30. The fourth-order valence-electron chi connectivity index (χ4n) is 1.71. The van der Waals surface area contributed by atoms with Gasteiger partial charge in [0.15, 0.2) is 5.82 Å². The van der Waals surface area contributed by atoms with Crippen molar-refractivity contribution in [2.75, 3.05) is 5.32 Å². The molecule has 2 atom stereocenters. The molecule has 0 aliphatic rings. The maximum absolute atomic E-state index is 12.3. The third-order valence-corrected chi connectivity index (χ3v) is 5.28. The van der Waals surface area contributed by atoms with Crippen molar-refractivity contribution in [3.63, 3.8) is 0 Å². The van der Waals surface area contributed by atoms with Crippen LogP contribution in [0.15, 0.2) is 28.8 Å². The van der Waals surface area contributed by atoms with Gasteiger partial charge in [-0.15, -0.1) is 0 Å². The van der Waals surface area contributed by atoms with Gasteiger partial charge in [0.05, 0.1) is 5.75 Å². The first-order valence-electron chi connectivity index (χ1n) is 6.42. The molecule has 118 valence electrons. The second kappa shape index (κ2) is 7.26. The third-order valence-electron chi connectivity index (χ3n) is 2.99. The molecule has 0 unspecified atom stereocenters. The van der Waals surface area contributed by atoms with E-state index in [0.717, 1.165) is 0 Å². The van der Waals surface area contributed by atoms with Gasteiger partial charge in [0.1, 0.15) is 11.0 Å². The molecule has 0 fully saturated rings. The first-order valence-corrected chi connectivity index (χ1v) is 8.56. The van der Waals surface area contributed by atoms with Gasteiger partial charge in [-0.05, 0) is 26.0 Å². The minimum atomic E-state index is -1.47. The van der Waals surface area contributed by atoms with Crippen LogP contribution in [-0.4, -0.2) is 20.5 Å². The molecule has 0 aliphatic heterocycles. The molecule has 1 amide bonds. The number of halogens is 2. The molecule has 1 N–H and O–H groups in total. The fourth-order valence-corrected chi connectivity index (χ4v) is 3.54. The SMILES string of the molecule is Cc1cc(NC(=O)[C@@H](C)[S@@](=O)Cc2c(Cl)cccc2Cl)no1. The molecule has 1 aromatic carbocycles. The Morgan fingerprint density at radius 1 is 1.41 bits per heavy atom. The van der Waals surface area contributed by atoms with Gasteiger partial charge in [0.2, 0.25) is 5.91 Å². The summed E-state index contributed by atoms with van der Waals surface area (Å²) in [6.07, 6.45) is 0. The van der Waals surface area contributed by atoms with Gasteiger partial charge in [0, 0.05) is 32.5 Å². The van der Waals surface area contributed by atoms with Crippen LogP contribution in [0.3, 0.4) is 0 Å². The number of carbonyl (C=O) groups is 1. The molecule has 22 heavy (non-hydrogen) atoms. The summed E-state index contributed by atoms with van der Waals surface area (Å²) >= 11 is 12.1. The Bertz CT molecular complexity index is 698. The second-order valence-electron chi connectivity index (χ2n) is 4.68. The minimum absolute atomic E-state index is 0.102. The number of aromatic nitrogens is 1. The molecule has 2 rings (SSSR count). The molecule has 2 aromatic rings. The topological polar surface area (TPSA) is 72.2 Å². The molecule has 0 radical (unpaired) electrons. The van der Waals surface area contributed by atoms with Crippen LogP contribution in [0, 0.1) is 6.92 Å². The van der Waals surface area contributed by atoms with E-state index < -0.39 is 22.0 Å². The molecule has 0 bridgehead atoms. The van der Waals surface area contributed by atoms with Crippen LogP contribution in [0.2, 0.25) is 10.0 Å². The number of nitrogens with zero attached hydrogens (tertiary/aromatic N) is 1. The Morgan fingerprint density at radius 2 is 2.05 bits per heavy atom. The Kier molecular flexibility index (Phi) is 5.61. The Hall–Kier alpha value is -1.37. The van der Waals surface area contributed by atoms with Crippen LogP contribution < -0.4 is 5.32 Å². The summed E-state index contributed by atoms with van der Waals surface area (Å²) in [6, 6.07) is 6.63. The summed E-state index contributed by atoms with van der Waals surface area (Å²) < 4.78 is 17.2. The molecule has 0 spiro atoms. The van der Waals surface area contributed by atoms with Crippen molar-refractivity contribution in [1.29, 1.82) is 0 Å². The van der Waals surface area contributed by atoms with E-state index in [1.807, 2.05) is 0 Å². The van der Waals surface area contributed by atoms with Gasteiger partial charge in [-0.25, -0.2) is 0 Å². The summed E-state index contributed by atoms with van der Waals surface area (Å²) in [6.45, 7) is 3.28. The average molecular weight is 361 g/mol. The van der Waals surface area contributed by atoms with Crippen LogP contribution in [0.25, 0.3) is 0 Å². The zero-order chi connectivity index (χ0) is 16.3. The quantitative estimate of drug-likeness (QED) is 0.884. The van der Waals surface area contributed by atoms with Crippen LogP contribution in [0.4, 0.5) is 5.82 Å². The summed E-state index contributed by atoms with van der Waals surface area (Å²) in [5, 5.41) is 6.33. The normalized spacial score (nSPS) is 13.6. The second-order valence-corrected chi connectivity index (χ2v) is 7.25. The zero-order valence-electron chi connectivity index (χ0n) is 11.9. The number of nitrogens with one attached hydrogen (secondary N) is 1. The smallest absolute Gasteiger partial charge is 0.241 e. The number of rotatable bonds is 5. The standard InChI is InChI=1S/C14H14Cl2N2O3S/c1-8-6-13(18-21-8)17-14(19)9(2)22(20)7-10-11(15)4-3-5-12(10)16/h3-6,9H,7H2,1-2H3,(H,17,18,19)/t9-,22+/m1/s1. The molecule has 1 heterocycles. The molecule has 1 aromatic heterocycles. The van der Waals surface area contributed by atoms with Crippen LogP contribution >= 0.6 is 23.2 Å². The monoisotopic (exact) mass is 360 g/mol. The van der Waals surface area contributed by atoms with E-state index in [1.165, 1.54) is 0 Å². The van der Waals surface area contributed by atoms with Crippen LogP contribution in [0.5, 0.6) is 0 Å². The van der Waals surface area contributed by atoms with Crippen LogP contribution in [0.1, 0.15) is 18.2 Å². The molecule has 0 aliphatic carbocycles. The van der Waals surface area contributed by atoms with Crippen LogP contribution in [-0.2, 0) is 21.3 Å². The number of anilines is 1. The van der Waals surface area contributed by atoms with E-state index in [4.69, 9.17) is 27.7 Å². The Labute approximate surface area is 140 Å². The fraction of sp³-hybridized carbons (Fsp3) is 0.286. The predicted molar refractivity (Wildman–Crippen MR) is 87.6 cm³/mol. The van der Waals surface area contributed by atoms with Crippen molar-refractivity contribution in [3.05, 3.63) is 45.6 Å². The maximum Gasteiger partial charge on any atom is 0.241 e. The van der Waals surface area contributed by atoms with Gasteiger partial charge in [-0.2, -0.15) is 0 Å². The molecule has 5 nitrogen and oxygen atoms in total. The lowest BCUT2D eigenvalue weighted by atomic mass is 10.2. The van der Waals surface area contributed by atoms with E-state index in [1.54, 1.807) is 38.1 Å². The van der Waals surface area contributed by atoms with E-state index >= 15 is 0 Å². The average Bonchev–Trinajstić information content (AvgIpc) is 2.87. The lowest BCUT2D eigenvalue weighted by molar-refractivity contribution is -0.115. The summed E-state index contributed by atoms with van der Waals surface area (Å²) in [5.74, 6) is 0.564. The largest absolute Gasteiger partial charge is 0.360 e. The molecule has 0 saturated heterocycles. The number of amides is 1. The van der Waals surface area contributed by atoms with Gasteiger partial charge in [0.25, 0.3) is 0 Å². The van der Waals surface area contributed by atoms with Crippen molar-refractivity contribution in [2.45, 2.75) is 24.9 Å². The number of hydrogen-bond donors (Lipinski definition) is 1. The molecular formula is C14H14Cl2N2O3S. The van der Waals surface area contributed by atoms with Crippen molar-refractivity contribution in [3.8, 4) is 0 Å². The lowest BCUT2D eigenvalue weighted by Gasteiger charge is -2.12. The highest BCUT2D eigenvalue weighted by Crippen LogP contribution is 2.26. The van der Waals surface area contributed by atoms with Crippen molar-refractivity contribution >= 4 is 45.7 Å². The Balaban J connectivity index is 2.04. The number of carbonyl (C=O) groups excluding carboxylic acids is 1. The number of aryl methyl sites for hydroxylation is 1. The van der Waals surface area contributed by atoms with Crippen molar-refractivity contribution in [2.24, 2.45) is 0 Å². The molecule has 8 heteroatoms. The zero-order valence-corrected chi connectivity index (χ0v) is 14.3. The number of benzene rings is 1. The summed E-state index contributed by atoms with van der Waals surface area (Å²) in [4.78, 5) is 12.1. The van der Waals surface area contributed by atoms with Crippen molar-refractivity contribution < 1.29 is 13.5 Å². The highest BCUT2D eigenvalue weighted by molar-refractivity contribution is 7.85. The number of hydrogen-bond acceptors (Lipinski definition) is 4. The summed E-state index contributed by atoms with van der Waals surface area (Å²) in [5.41, 5.74) is 0.570. The van der Waals surface area contributed by atoms with Crippen molar-refractivity contribution in [1.82, 2.24) is 5.16 Å². The Morgan fingerprint density at radius 3 is 2.59 bits per heavy atom. The van der Waals surface area contributed by atoms with E-state index in [-0.39, 0.29) is 5.75 Å². The van der Waals surface area contributed by atoms with E-state index in [0.29, 0.717) is 27.2 Å². The van der Waals surface area contributed by atoms with Gasteiger partial charge in [-0.1, -0.05) is 34.4 Å². The maximum atomic E-state index is 12.3. The third kappa shape index (κ3) is 4.09. The molecule has 0 saturated carbocycles. The van der Waals surface area contributed by atoms with Gasteiger partial charge in [-0.3, -0.25) is 9.00 Å². The van der Waals surface area contributed by atoms with E-state index in [2.05, 4.69) is 10.5 Å². The van der Waals surface area contributed by atoms with Gasteiger partial charge >= 0.3 is 0 Å². The van der Waals surface area contributed by atoms with E-state index in [9.17, 15) is 9.00 Å². The van der Waals surface area contributed by atoms with Gasteiger partial charge < -0.3 is 9.84 Å².